The minimum Gasteiger partial charge on any atom is -0.376 e. The maximum Gasteiger partial charge on any atom is 0.507 e. The lowest BCUT2D eigenvalue weighted by molar-refractivity contribution is 0.115. The van der Waals surface area contributed by atoms with Crippen LogP contribution in [0, 0.1) is 0 Å². The van der Waals surface area contributed by atoms with Crippen LogP contribution in [0.25, 0.3) is 0 Å². The molecule has 0 heterocycles. The average molecular weight is 401 g/mol. The molecule has 0 radical (unpaired) electrons. The molecular weight excluding hydrogens is 352 g/mol. The monoisotopic (exact) mass is 400 g/mol. The molecule has 162 valence electrons. The van der Waals surface area contributed by atoms with Crippen LogP contribution in [-0.2, 0) is 13.3 Å². The van der Waals surface area contributed by atoms with Gasteiger partial charge < -0.3 is 13.3 Å². The predicted molar refractivity (Wildman–Crippen MR) is 120 cm³/mol. The number of hydrogen-bond donors (Lipinski definition) is 0. The molecule has 0 bridgehead atoms. The Morgan fingerprint density at radius 3 is 1.26 bits per heavy atom. The number of unbranched alkanes of at least 4 members (excludes halogenated alkanes) is 14. The van der Waals surface area contributed by atoms with Gasteiger partial charge in [0.15, 0.2) is 0 Å². The van der Waals surface area contributed by atoms with Gasteiger partial charge in [0.1, 0.15) is 0 Å². The third kappa shape index (κ3) is 12.8. The van der Waals surface area contributed by atoms with E-state index >= 15 is 0 Å². The second-order valence-electron chi connectivity index (χ2n) is 7.80. The molecule has 0 amide bonds. The molecule has 0 aliphatic heterocycles. The Kier molecular flexibility index (Phi) is 19.1. The van der Waals surface area contributed by atoms with E-state index in [9.17, 15) is 0 Å². The number of allylic oxidation sites excluding steroid dienone is 1. The van der Waals surface area contributed by atoms with E-state index < -0.39 is 8.80 Å². The zero-order chi connectivity index (χ0) is 20.2. The van der Waals surface area contributed by atoms with Crippen molar-refractivity contribution in [3.8, 4) is 0 Å². The van der Waals surface area contributed by atoms with Crippen LogP contribution in [0.5, 0.6) is 0 Å². The van der Waals surface area contributed by atoms with Crippen molar-refractivity contribution in [2.75, 3.05) is 21.3 Å². The summed E-state index contributed by atoms with van der Waals surface area (Å²) in [7, 11) is 2.48. The molecule has 1 unspecified atom stereocenters. The minimum atomic E-state index is -2.57. The van der Waals surface area contributed by atoms with Gasteiger partial charge in [-0.25, -0.2) is 0 Å². The minimum absolute atomic E-state index is 0.194. The maximum atomic E-state index is 5.59. The van der Waals surface area contributed by atoms with Crippen molar-refractivity contribution in [2.24, 2.45) is 0 Å². The summed E-state index contributed by atoms with van der Waals surface area (Å²) in [4.78, 5) is 0. The van der Waals surface area contributed by atoms with Gasteiger partial charge >= 0.3 is 8.80 Å². The molecule has 3 nitrogen and oxygen atoms in total. The highest BCUT2D eigenvalue weighted by atomic mass is 28.4. The van der Waals surface area contributed by atoms with Gasteiger partial charge in [-0.3, -0.25) is 0 Å². The van der Waals surface area contributed by atoms with Gasteiger partial charge in [0.2, 0.25) is 0 Å². The lowest BCUT2D eigenvalue weighted by Crippen LogP contribution is -2.47. The van der Waals surface area contributed by atoms with E-state index in [1.165, 1.54) is 96.3 Å². The highest BCUT2D eigenvalue weighted by molar-refractivity contribution is 6.62. The molecule has 4 heteroatoms. The van der Waals surface area contributed by atoms with E-state index in [0.717, 1.165) is 6.42 Å². The largest absolute Gasteiger partial charge is 0.507 e. The van der Waals surface area contributed by atoms with Crippen molar-refractivity contribution in [3.05, 3.63) is 12.7 Å². The molecule has 0 aliphatic rings. The standard InChI is InChI=1S/C23H48O3Si/c1-6-8-9-10-11-12-13-14-15-16-17-18-19-20-21-22-23(7-2)27(24-3,25-4)26-5/h7,23H,2,6,8-22H2,1,3-5H3. The second kappa shape index (κ2) is 19.2. The van der Waals surface area contributed by atoms with Crippen molar-refractivity contribution in [1.29, 1.82) is 0 Å². The zero-order valence-electron chi connectivity index (χ0n) is 18.9. The Hall–Kier alpha value is -0.163. The predicted octanol–water partition coefficient (Wildman–Crippen LogP) is 7.68. The lowest BCUT2D eigenvalue weighted by Gasteiger charge is -2.30. The summed E-state index contributed by atoms with van der Waals surface area (Å²) in [6, 6.07) is 0. The highest BCUT2D eigenvalue weighted by Crippen LogP contribution is 2.30. The molecule has 0 saturated carbocycles. The van der Waals surface area contributed by atoms with Crippen LogP contribution in [0.4, 0.5) is 0 Å². The third-order valence-corrected chi connectivity index (χ3v) is 8.85. The van der Waals surface area contributed by atoms with Gasteiger partial charge in [-0.05, 0) is 6.42 Å². The molecule has 0 aromatic rings. The second-order valence-corrected chi connectivity index (χ2v) is 11.0. The molecule has 1 atom stereocenters. The first-order valence-electron chi connectivity index (χ1n) is 11.5. The molecule has 0 N–H and O–H groups in total. The van der Waals surface area contributed by atoms with Crippen LogP contribution in [0.1, 0.15) is 110 Å². The number of hydrogen-bond acceptors (Lipinski definition) is 3. The molecular formula is C23H48O3Si. The molecule has 0 aliphatic carbocycles. The Balaban J connectivity index is 3.50. The molecule has 0 rings (SSSR count). The summed E-state index contributed by atoms with van der Waals surface area (Å²) in [5, 5.41) is 0. The van der Waals surface area contributed by atoms with E-state index in [0.29, 0.717) is 0 Å². The summed E-state index contributed by atoms with van der Waals surface area (Å²) in [5.41, 5.74) is 0.194. The van der Waals surface area contributed by atoms with Gasteiger partial charge in [0, 0.05) is 26.9 Å². The van der Waals surface area contributed by atoms with Gasteiger partial charge in [-0.1, -0.05) is 109 Å². The number of rotatable bonds is 21. The van der Waals surface area contributed by atoms with Crippen LogP contribution < -0.4 is 0 Å². The fourth-order valence-electron chi connectivity index (χ4n) is 3.88. The Morgan fingerprint density at radius 1 is 0.630 bits per heavy atom. The van der Waals surface area contributed by atoms with Crippen molar-refractivity contribution in [3.63, 3.8) is 0 Å². The highest BCUT2D eigenvalue weighted by Gasteiger charge is 2.45. The Morgan fingerprint density at radius 2 is 0.963 bits per heavy atom. The smallest absolute Gasteiger partial charge is 0.376 e. The lowest BCUT2D eigenvalue weighted by atomic mass is 10.0. The van der Waals surface area contributed by atoms with Gasteiger partial charge in [0.25, 0.3) is 0 Å². The van der Waals surface area contributed by atoms with Crippen LogP contribution >= 0.6 is 0 Å². The summed E-state index contributed by atoms with van der Waals surface area (Å²) >= 11 is 0. The van der Waals surface area contributed by atoms with E-state index in [-0.39, 0.29) is 5.54 Å². The summed E-state index contributed by atoms with van der Waals surface area (Å²) in [5.74, 6) is 0. The van der Waals surface area contributed by atoms with E-state index in [2.05, 4.69) is 13.5 Å². The van der Waals surface area contributed by atoms with Crippen molar-refractivity contribution >= 4 is 8.80 Å². The van der Waals surface area contributed by atoms with Crippen molar-refractivity contribution < 1.29 is 13.3 Å². The molecule has 0 aromatic carbocycles. The topological polar surface area (TPSA) is 27.7 Å². The quantitative estimate of drug-likeness (QED) is 0.112. The van der Waals surface area contributed by atoms with Crippen molar-refractivity contribution in [2.45, 2.75) is 115 Å². The zero-order valence-corrected chi connectivity index (χ0v) is 19.9. The van der Waals surface area contributed by atoms with E-state index in [4.69, 9.17) is 13.3 Å². The molecule has 0 fully saturated rings. The normalized spacial score (nSPS) is 13.0. The first-order chi connectivity index (χ1) is 13.2. The fourth-order valence-corrected chi connectivity index (χ4v) is 6.13. The van der Waals surface area contributed by atoms with Crippen LogP contribution in [-0.4, -0.2) is 30.1 Å². The molecule has 0 aromatic heterocycles. The first-order valence-corrected chi connectivity index (χ1v) is 13.3. The summed E-state index contributed by atoms with van der Waals surface area (Å²) in [6.45, 7) is 6.24. The third-order valence-electron chi connectivity index (χ3n) is 5.71. The molecule has 0 saturated heterocycles. The molecule has 27 heavy (non-hydrogen) atoms. The van der Waals surface area contributed by atoms with E-state index in [1.807, 2.05) is 6.08 Å². The Bertz CT molecular complexity index is 310. The van der Waals surface area contributed by atoms with Gasteiger partial charge in [-0.15, -0.1) is 6.58 Å². The fraction of sp³-hybridized carbons (Fsp3) is 0.913. The summed E-state index contributed by atoms with van der Waals surface area (Å²) < 4.78 is 16.8. The van der Waals surface area contributed by atoms with Gasteiger partial charge in [0.05, 0.1) is 0 Å². The van der Waals surface area contributed by atoms with Crippen LogP contribution in [0.3, 0.4) is 0 Å². The van der Waals surface area contributed by atoms with E-state index in [1.54, 1.807) is 21.3 Å². The Labute approximate surface area is 171 Å². The molecule has 0 spiro atoms. The SMILES string of the molecule is C=CC(CCCCCCCCCCCCCCCCC)[Si](OC)(OC)OC. The first kappa shape index (κ1) is 26.8. The summed E-state index contributed by atoms with van der Waals surface area (Å²) in [6.07, 6.45) is 23.9. The van der Waals surface area contributed by atoms with Crippen LogP contribution in [0.2, 0.25) is 5.54 Å². The maximum absolute atomic E-state index is 5.59. The average Bonchev–Trinajstić information content (AvgIpc) is 2.70. The van der Waals surface area contributed by atoms with Crippen molar-refractivity contribution in [1.82, 2.24) is 0 Å². The van der Waals surface area contributed by atoms with Gasteiger partial charge in [-0.2, -0.15) is 0 Å². The van der Waals surface area contributed by atoms with Crippen LogP contribution in [0.15, 0.2) is 12.7 Å².